The third-order valence-corrected chi connectivity index (χ3v) is 6.03. The normalized spacial score (nSPS) is 19.9. The van der Waals surface area contributed by atoms with Crippen LogP contribution < -0.4 is 10.2 Å². The molecule has 1 N–H and O–H groups in total. The summed E-state index contributed by atoms with van der Waals surface area (Å²) in [7, 11) is 1.45. The zero-order valence-corrected chi connectivity index (χ0v) is 18.3. The van der Waals surface area contributed by atoms with Gasteiger partial charge in [0.15, 0.2) is 0 Å². The van der Waals surface area contributed by atoms with E-state index in [0.29, 0.717) is 0 Å². The quantitative estimate of drug-likeness (QED) is 0.640. The molecule has 2 aliphatic rings. The summed E-state index contributed by atoms with van der Waals surface area (Å²) in [5, 5.41) is 3.50. The van der Waals surface area contributed by atoms with E-state index in [4.69, 9.17) is 4.74 Å². The molecular weight excluding hydrogens is 388 g/mol. The molecule has 0 aliphatic heterocycles. The highest BCUT2D eigenvalue weighted by Crippen LogP contribution is 2.33. The Labute approximate surface area is 184 Å². The molecule has 0 radical (unpaired) electrons. The second kappa shape index (κ2) is 9.77. The van der Waals surface area contributed by atoms with Crippen molar-refractivity contribution >= 4 is 17.6 Å². The first-order valence-corrected chi connectivity index (χ1v) is 10.9. The summed E-state index contributed by atoms with van der Waals surface area (Å²) in [6.45, 7) is 3.64. The van der Waals surface area contributed by atoms with Crippen LogP contribution in [-0.4, -0.2) is 35.6 Å². The Kier molecular flexibility index (Phi) is 6.65. The molecule has 0 atom stereocenters. The Morgan fingerprint density at radius 1 is 1.16 bits per heavy atom. The highest BCUT2D eigenvalue weighted by molar-refractivity contribution is 5.74. The molecule has 0 saturated heterocycles. The number of benzene rings is 1. The smallest absolute Gasteiger partial charge is 0.308 e. The van der Waals surface area contributed by atoms with E-state index in [1.807, 2.05) is 6.07 Å². The molecule has 4 rings (SSSR count). The molecule has 1 aromatic heterocycles. The molecule has 0 amide bonds. The van der Waals surface area contributed by atoms with Crippen molar-refractivity contribution < 1.29 is 9.53 Å². The lowest BCUT2D eigenvalue weighted by molar-refractivity contribution is -0.148. The maximum atomic E-state index is 11.7. The van der Waals surface area contributed by atoms with Gasteiger partial charge >= 0.3 is 5.97 Å². The number of methoxy groups -OCH3 is 1. The topological polar surface area (TPSA) is 67.3 Å². The Morgan fingerprint density at radius 3 is 2.68 bits per heavy atom. The summed E-state index contributed by atoms with van der Waals surface area (Å²) in [6.07, 6.45) is 12.1. The third-order valence-electron chi connectivity index (χ3n) is 6.03. The summed E-state index contributed by atoms with van der Waals surface area (Å²) in [5.41, 5.74) is 3.59. The van der Waals surface area contributed by atoms with Crippen molar-refractivity contribution in [3.63, 3.8) is 0 Å². The highest BCUT2D eigenvalue weighted by atomic mass is 16.5. The molecule has 0 unspecified atom stereocenters. The second-order valence-electron chi connectivity index (χ2n) is 8.30. The van der Waals surface area contributed by atoms with Crippen LogP contribution in [0.4, 0.5) is 11.6 Å². The Hall–Kier alpha value is -3.15. The second-order valence-corrected chi connectivity index (χ2v) is 8.30. The fourth-order valence-electron chi connectivity index (χ4n) is 4.21. The molecule has 2 aliphatic carbocycles. The van der Waals surface area contributed by atoms with E-state index in [9.17, 15) is 4.79 Å². The van der Waals surface area contributed by atoms with Gasteiger partial charge in [-0.1, -0.05) is 48.6 Å². The number of rotatable bonds is 8. The highest BCUT2D eigenvalue weighted by Gasteiger charge is 2.35. The van der Waals surface area contributed by atoms with Gasteiger partial charge in [0.25, 0.3) is 0 Å². The minimum absolute atomic E-state index is 0.0104. The SMILES string of the molecule is COC(=O)C1CC(Nc2ncnc(N(CC3=CCCC=C3)Cc3ccccc3)c2C)C1. The Balaban J connectivity index is 1.53. The molecule has 6 heteroatoms. The average molecular weight is 419 g/mol. The van der Waals surface area contributed by atoms with E-state index in [0.717, 1.165) is 56.0 Å². The van der Waals surface area contributed by atoms with Crippen molar-refractivity contribution in [2.45, 2.75) is 45.2 Å². The first-order valence-electron chi connectivity index (χ1n) is 10.9. The predicted octanol–water partition coefficient (Wildman–Crippen LogP) is 4.43. The maximum absolute atomic E-state index is 11.7. The summed E-state index contributed by atoms with van der Waals surface area (Å²) in [4.78, 5) is 23.1. The van der Waals surface area contributed by atoms with Crippen molar-refractivity contribution in [3.05, 3.63) is 71.6 Å². The summed E-state index contributed by atoms with van der Waals surface area (Å²) in [6, 6.07) is 10.7. The van der Waals surface area contributed by atoms with Gasteiger partial charge in [-0.15, -0.1) is 0 Å². The molecule has 1 heterocycles. The van der Waals surface area contributed by atoms with Gasteiger partial charge in [-0.05, 0) is 43.7 Å². The molecule has 0 spiro atoms. The van der Waals surface area contributed by atoms with Crippen molar-refractivity contribution in [1.82, 2.24) is 9.97 Å². The number of hydrogen-bond donors (Lipinski definition) is 1. The number of esters is 1. The van der Waals surface area contributed by atoms with E-state index in [2.05, 4.69) is 69.6 Å². The summed E-state index contributed by atoms with van der Waals surface area (Å²) in [5.74, 6) is 1.64. The number of ether oxygens (including phenoxy) is 1. The van der Waals surface area contributed by atoms with Crippen LogP contribution in [0.1, 0.15) is 36.8 Å². The Morgan fingerprint density at radius 2 is 1.97 bits per heavy atom. The van der Waals surface area contributed by atoms with Crippen LogP contribution in [0.2, 0.25) is 0 Å². The van der Waals surface area contributed by atoms with E-state index >= 15 is 0 Å². The van der Waals surface area contributed by atoms with Crippen LogP contribution >= 0.6 is 0 Å². The number of nitrogens with zero attached hydrogens (tertiary/aromatic N) is 3. The van der Waals surface area contributed by atoms with Crippen molar-refractivity contribution in [1.29, 1.82) is 0 Å². The van der Waals surface area contributed by atoms with Crippen LogP contribution in [0, 0.1) is 12.8 Å². The van der Waals surface area contributed by atoms with Crippen molar-refractivity contribution in [2.24, 2.45) is 5.92 Å². The van der Waals surface area contributed by atoms with Gasteiger partial charge in [-0.2, -0.15) is 0 Å². The molecule has 6 nitrogen and oxygen atoms in total. The van der Waals surface area contributed by atoms with Crippen LogP contribution in [0.25, 0.3) is 0 Å². The average Bonchev–Trinajstić information content (AvgIpc) is 2.77. The molecule has 31 heavy (non-hydrogen) atoms. The number of anilines is 2. The maximum Gasteiger partial charge on any atom is 0.308 e. The standard InChI is InChI=1S/C25H30N4O2/c1-18-23(28-22-13-21(14-22)25(30)31-2)26-17-27-24(18)29(15-19-9-5-3-6-10-19)16-20-11-7-4-8-12-20/h3,5-7,9-12,17,21-22H,4,8,13-16H2,1-2H3,(H,26,27,28). The molecule has 1 saturated carbocycles. The number of carbonyl (C=O) groups is 1. The first-order chi connectivity index (χ1) is 15.1. The fourth-order valence-corrected chi connectivity index (χ4v) is 4.21. The lowest BCUT2D eigenvalue weighted by atomic mass is 9.80. The Bertz CT molecular complexity index is 965. The van der Waals surface area contributed by atoms with Crippen LogP contribution in [0.5, 0.6) is 0 Å². The van der Waals surface area contributed by atoms with Gasteiger partial charge in [-0.3, -0.25) is 4.79 Å². The monoisotopic (exact) mass is 418 g/mol. The number of carbonyl (C=O) groups excluding carboxylic acids is 1. The van der Waals surface area contributed by atoms with E-state index < -0.39 is 0 Å². The molecule has 1 aromatic carbocycles. The minimum atomic E-state index is -0.124. The van der Waals surface area contributed by atoms with Crippen LogP contribution in [0.15, 0.2) is 60.5 Å². The lowest BCUT2D eigenvalue weighted by Crippen LogP contribution is -2.40. The molecule has 162 valence electrons. The zero-order chi connectivity index (χ0) is 21.6. The van der Waals surface area contributed by atoms with Gasteiger partial charge < -0.3 is 15.0 Å². The predicted molar refractivity (Wildman–Crippen MR) is 123 cm³/mol. The molecule has 1 fully saturated rings. The third kappa shape index (κ3) is 5.13. The van der Waals surface area contributed by atoms with Crippen molar-refractivity contribution in [2.75, 3.05) is 23.9 Å². The number of aromatic nitrogens is 2. The van der Waals surface area contributed by atoms with Crippen LogP contribution in [-0.2, 0) is 16.1 Å². The summed E-state index contributed by atoms with van der Waals surface area (Å²) < 4.78 is 4.85. The molecule has 2 aromatic rings. The summed E-state index contributed by atoms with van der Waals surface area (Å²) >= 11 is 0. The van der Waals surface area contributed by atoms with Gasteiger partial charge in [-0.25, -0.2) is 9.97 Å². The van der Waals surface area contributed by atoms with Crippen molar-refractivity contribution in [3.8, 4) is 0 Å². The van der Waals surface area contributed by atoms with Crippen LogP contribution in [0.3, 0.4) is 0 Å². The zero-order valence-electron chi connectivity index (χ0n) is 18.3. The molecule has 0 bridgehead atoms. The fraction of sp³-hybridized carbons (Fsp3) is 0.400. The lowest BCUT2D eigenvalue weighted by Gasteiger charge is -2.35. The number of allylic oxidation sites excluding steroid dienone is 2. The van der Waals surface area contributed by atoms with Gasteiger partial charge in [0, 0.05) is 24.7 Å². The van der Waals surface area contributed by atoms with E-state index in [-0.39, 0.29) is 17.9 Å². The van der Waals surface area contributed by atoms with E-state index in [1.165, 1.54) is 18.2 Å². The number of hydrogen-bond acceptors (Lipinski definition) is 6. The van der Waals surface area contributed by atoms with Gasteiger partial charge in [0.1, 0.15) is 18.0 Å². The minimum Gasteiger partial charge on any atom is -0.469 e. The van der Waals surface area contributed by atoms with E-state index in [1.54, 1.807) is 6.33 Å². The largest absolute Gasteiger partial charge is 0.469 e. The molecular formula is C25H30N4O2. The number of nitrogens with one attached hydrogen (secondary N) is 1. The van der Waals surface area contributed by atoms with Gasteiger partial charge in [0.05, 0.1) is 13.0 Å². The van der Waals surface area contributed by atoms with Gasteiger partial charge in [0.2, 0.25) is 0 Å². The first kappa shape index (κ1) is 21.1.